The van der Waals surface area contributed by atoms with E-state index < -0.39 is 18.1 Å². The number of methoxy groups -OCH3 is 1. The van der Waals surface area contributed by atoms with Crippen LogP contribution in [0, 0.1) is 23.2 Å². The van der Waals surface area contributed by atoms with Crippen molar-refractivity contribution in [2.45, 2.75) is 71.0 Å². The summed E-state index contributed by atoms with van der Waals surface area (Å²) in [6, 6.07) is 5.30. The van der Waals surface area contributed by atoms with Crippen LogP contribution in [-0.2, 0) is 14.4 Å². The Morgan fingerprint density at radius 2 is 1.89 bits per heavy atom. The Bertz CT molecular complexity index is 1250. The second-order valence-corrected chi connectivity index (χ2v) is 11.8. The molecule has 1 saturated heterocycles. The molecule has 0 unspecified atom stereocenters. The highest BCUT2D eigenvalue weighted by molar-refractivity contribution is 6.02. The van der Waals surface area contributed by atoms with E-state index in [0.717, 1.165) is 43.0 Å². The molecule has 5 atom stereocenters. The number of amides is 3. The van der Waals surface area contributed by atoms with Crippen LogP contribution < -0.4 is 15.4 Å². The molecule has 3 fully saturated rings. The number of ether oxygens (including phenoxy) is 1. The number of rotatable bonds is 8. The average molecular weight is 523 g/mol. The minimum absolute atomic E-state index is 0.00154. The maximum Gasteiger partial charge on any atom is 0.268 e. The molecule has 2 aliphatic carbocycles. The van der Waals surface area contributed by atoms with Gasteiger partial charge in [0.15, 0.2) is 0 Å². The molecule has 0 spiro atoms. The lowest BCUT2D eigenvalue weighted by molar-refractivity contribution is -0.143. The van der Waals surface area contributed by atoms with E-state index in [-0.39, 0.29) is 40.9 Å². The van der Waals surface area contributed by atoms with Crippen molar-refractivity contribution in [1.82, 2.24) is 20.5 Å². The van der Waals surface area contributed by atoms with E-state index in [4.69, 9.17) is 4.74 Å². The van der Waals surface area contributed by atoms with Crippen LogP contribution in [0.5, 0.6) is 5.75 Å². The fourth-order valence-electron chi connectivity index (χ4n) is 6.83. The Balaban J connectivity index is 1.41. The molecule has 5 rings (SSSR count). The van der Waals surface area contributed by atoms with Crippen LogP contribution >= 0.6 is 0 Å². The number of nitrogens with zero attached hydrogens (tertiary/aromatic N) is 1. The molecule has 1 aromatic heterocycles. The van der Waals surface area contributed by atoms with Crippen LogP contribution in [0.2, 0.25) is 0 Å². The zero-order chi connectivity index (χ0) is 27.2. The predicted octanol–water partition coefficient (Wildman–Crippen LogP) is 3.04. The van der Waals surface area contributed by atoms with Crippen molar-refractivity contribution in [1.29, 1.82) is 0 Å². The standard InChI is InChI=1S/C29H38N4O5/c1-16(15-34)30-27(36)25-23-19(29(23,2)3)14-33(25)28(37)24(17-9-6-5-7-10-17)32-26(35)21-13-18-20(31-21)11-8-12-22(18)38-4/h8,11-13,15-17,19,23-25,31H,5-7,9-10,14H2,1-4H3,(H,30,36)(H,32,35)/t16-,19-,23-,24-,25-/m0/s1. The fraction of sp³-hybridized carbons (Fsp3) is 0.586. The molecular weight excluding hydrogens is 484 g/mol. The molecule has 0 radical (unpaired) electrons. The van der Waals surface area contributed by atoms with Crippen molar-refractivity contribution in [3.05, 3.63) is 30.0 Å². The van der Waals surface area contributed by atoms with Gasteiger partial charge >= 0.3 is 0 Å². The van der Waals surface area contributed by atoms with Gasteiger partial charge in [0.1, 0.15) is 29.8 Å². The van der Waals surface area contributed by atoms with Crippen molar-refractivity contribution in [3.63, 3.8) is 0 Å². The summed E-state index contributed by atoms with van der Waals surface area (Å²) >= 11 is 0. The Morgan fingerprint density at radius 3 is 2.58 bits per heavy atom. The Hall–Kier alpha value is -3.36. The summed E-state index contributed by atoms with van der Waals surface area (Å²) in [5, 5.41) is 6.60. The molecule has 204 valence electrons. The van der Waals surface area contributed by atoms with Crippen LogP contribution in [0.3, 0.4) is 0 Å². The SMILES string of the molecule is COc1cccc2[nH]c(C(=O)N[C@H](C(=O)N3C[C@H]4[C@@H]([C@H]3C(=O)N[C@@H](C)C=O)C4(C)C)C3CCCCC3)cc12. The summed E-state index contributed by atoms with van der Waals surface area (Å²) in [6.45, 7) is 6.35. The van der Waals surface area contributed by atoms with Crippen molar-refractivity contribution in [2.24, 2.45) is 23.2 Å². The molecule has 9 nitrogen and oxygen atoms in total. The number of hydrogen-bond acceptors (Lipinski definition) is 5. The number of hydrogen-bond donors (Lipinski definition) is 3. The normalized spacial score (nSPS) is 25.8. The summed E-state index contributed by atoms with van der Waals surface area (Å²) in [4.78, 5) is 57.0. The zero-order valence-electron chi connectivity index (χ0n) is 22.6. The molecule has 1 aromatic carbocycles. The third-order valence-corrected chi connectivity index (χ3v) is 9.10. The Labute approximate surface area is 223 Å². The van der Waals surface area contributed by atoms with Gasteiger partial charge in [0, 0.05) is 17.4 Å². The van der Waals surface area contributed by atoms with E-state index in [0.29, 0.717) is 24.3 Å². The molecular formula is C29H38N4O5. The Kier molecular flexibility index (Phi) is 6.96. The number of piperidine rings is 1. The van der Waals surface area contributed by atoms with Crippen molar-refractivity contribution in [2.75, 3.05) is 13.7 Å². The van der Waals surface area contributed by atoms with Crippen molar-refractivity contribution >= 4 is 34.9 Å². The number of aromatic nitrogens is 1. The summed E-state index contributed by atoms with van der Waals surface area (Å²) < 4.78 is 5.43. The molecule has 9 heteroatoms. The quantitative estimate of drug-likeness (QED) is 0.460. The minimum Gasteiger partial charge on any atom is -0.496 e. The van der Waals surface area contributed by atoms with E-state index in [1.165, 1.54) is 0 Å². The number of H-pyrrole nitrogens is 1. The molecule has 0 bridgehead atoms. The number of aldehydes is 1. The predicted molar refractivity (Wildman–Crippen MR) is 143 cm³/mol. The summed E-state index contributed by atoms with van der Waals surface area (Å²) in [5.41, 5.74) is 1.09. The molecule has 3 amide bonds. The highest BCUT2D eigenvalue weighted by atomic mass is 16.5. The van der Waals surface area contributed by atoms with Gasteiger partial charge in [-0.05, 0) is 61.1 Å². The van der Waals surface area contributed by atoms with Gasteiger partial charge in [-0.25, -0.2) is 0 Å². The van der Waals surface area contributed by atoms with E-state index in [1.807, 2.05) is 18.2 Å². The summed E-state index contributed by atoms with van der Waals surface area (Å²) in [5.74, 6) is 0.0595. The lowest BCUT2D eigenvalue weighted by atomic mass is 9.83. The topological polar surface area (TPSA) is 121 Å². The monoisotopic (exact) mass is 522 g/mol. The van der Waals surface area contributed by atoms with Crippen LogP contribution in [0.1, 0.15) is 63.4 Å². The van der Waals surface area contributed by atoms with E-state index >= 15 is 0 Å². The number of benzene rings is 1. The number of likely N-dealkylation sites (tertiary alicyclic amines) is 1. The highest BCUT2D eigenvalue weighted by Crippen LogP contribution is 2.65. The number of carbonyl (C=O) groups excluding carboxylic acids is 4. The first kappa shape index (κ1) is 26.3. The van der Waals surface area contributed by atoms with Crippen LogP contribution in [0.25, 0.3) is 10.9 Å². The van der Waals surface area contributed by atoms with Gasteiger partial charge in [-0.1, -0.05) is 39.2 Å². The molecule has 3 N–H and O–H groups in total. The second kappa shape index (κ2) is 10.1. The lowest BCUT2D eigenvalue weighted by Crippen LogP contribution is -2.58. The van der Waals surface area contributed by atoms with Gasteiger partial charge in [0.2, 0.25) is 11.8 Å². The third-order valence-electron chi connectivity index (χ3n) is 9.10. The van der Waals surface area contributed by atoms with E-state index in [1.54, 1.807) is 25.0 Å². The molecule has 2 aromatic rings. The van der Waals surface area contributed by atoms with Crippen molar-refractivity contribution in [3.8, 4) is 5.75 Å². The smallest absolute Gasteiger partial charge is 0.268 e. The first-order valence-corrected chi connectivity index (χ1v) is 13.7. The van der Waals surface area contributed by atoms with Gasteiger partial charge in [-0.15, -0.1) is 0 Å². The Morgan fingerprint density at radius 1 is 1.16 bits per heavy atom. The third kappa shape index (κ3) is 4.56. The van der Waals surface area contributed by atoms with Crippen LogP contribution in [0.15, 0.2) is 24.3 Å². The van der Waals surface area contributed by atoms with Crippen molar-refractivity contribution < 1.29 is 23.9 Å². The minimum atomic E-state index is -0.726. The number of aromatic amines is 1. The first-order valence-electron chi connectivity index (χ1n) is 13.7. The molecule has 3 aliphatic rings. The summed E-state index contributed by atoms with van der Waals surface area (Å²) in [7, 11) is 1.59. The largest absolute Gasteiger partial charge is 0.496 e. The maximum atomic E-state index is 14.2. The lowest BCUT2D eigenvalue weighted by Gasteiger charge is -2.37. The fourth-order valence-corrected chi connectivity index (χ4v) is 6.83. The molecule has 38 heavy (non-hydrogen) atoms. The number of fused-ring (bicyclic) bond motifs is 2. The van der Waals surface area contributed by atoms with Gasteiger partial charge < -0.3 is 30.0 Å². The number of carbonyl (C=O) groups is 4. The molecule has 2 heterocycles. The van der Waals surface area contributed by atoms with Gasteiger partial charge in [-0.2, -0.15) is 0 Å². The van der Waals surface area contributed by atoms with Gasteiger partial charge in [-0.3, -0.25) is 14.4 Å². The first-order chi connectivity index (χ1) is 18.2. The molecule has 1 aliphatic heterocycles. The van der Waals surface area contributed by atoms with E-state index in [2.05, 4.69) is 29.5 Å². The van der Waals surface area contributed by atoms with E-state index in [9.17, 15) is 19.2 Å². The number of nitrogens with one attached hydrogen (secondary N) is 3. The average Bonchev–Trinajstić information content (AvgIpc) is 3.30. The van der Waals surface area contributed by atoms with Gasteiger partial charge in [0.05, 0.1) is 13.2 Å². The zero-order valence-corrected chi connectivity index (χ0v) is 22.6. The van der Waals surface area contributed by atoms with Crippen LogP contribution in [0.4, 0.5) is 0 Å². The van der Waals surface area contributed by atoms with Gasteiger partial charge in [0.25, 0.3) is 5.91 Å². The highest BCUT2D eigenvalue weighted by Gasteiger charge is 2.69. The maximum absolute atomic E-state index is 14.2. The molecule has 2 saturated carbocycles. The second-order valence-electron chi connectivity index (χ2n) is 11.8. The summed E-state index contributed by atoms with van der Waals surface area (Å²) in [6.07, 6.45) is 5.52. The van der Waals surface area contributed by atoms with Crippen LogP contribution in [-0.4, -0.2) is 65.7 Å².